The van der Waals surface area contributed by atoms with Crippen molar-refractivity contribution in [2.75, 3.05) is 20.2 Å². The number of fused-ring (bicyclic) bond motifs is 1. The average molecular weight is 565 g/mol. The number of hydrogen-bond donors (Lipinski definition) is 1. The minimum Gasteiger partial charge on any atom is -0.482 e. The molecular formula is C33H38F2N2O4. The zero-order chi connectivity index (χ0) is 29.3. The highest BCUT2D eigenvalue weighted by molar-refractivity contribution is 5.71. The first-order chi connectivity index (χ1) is 19.7. The molecule has 0 bridgehead atoms. The summed E-state index contributed by atoms with van der Waals surface area (Å²) in [5.41, 5.74) is 4.22. The number of rotatable bonds is 11. The normalized spacial score (nSPS) is 18.0. The maximum atomic E-state index is 16.1. The maximum Gasteiger partial charge on any atom is 0.306 e. The summed E-state index contributed by atoms with van der Waals surface area (Å²) in [4.78, 5) is 18.1. The van der Waals surface area contributed by atoms with Gasteiger partial charge in [0.2, 0.25) is 5.88 Å². The van der Waals surface area contributed by atoms with E-state index in [-0.39, 0.29) is 23.7 Å². The van der Waals surface area contributed by atoms with Crippen molar-refractivity contribution in [1.29, 1.82) is 0 Å². The lowest BCUT2D eigenvalue weighted by Crippen LogP contribution is -2.24. The molecule has 1 unspecified atom stereocenters. The number of pyridine rings is 1. The molecule has 1 aromatic heterocycles. The van der Waals surface area contributed by atoms with Crippen molar-refractivity contribution in [3.05, 3.63) is 76.5 Å². The summed E-state index contributed by atoms with van der Waals surface area (Å²) in [5.74, 6) is -2.12. The van der Waals surface area contributed by atoms with Gasteiger partial charge in [0, 0.05) is 24.1 Å². The van der Waals surface area contributed by atoms with Crippen molar-refractivity contribution < 1.29 is 28.2 Å². The number of aliphatic carboxylic acids is 1. The van der Waals surface area contributed by atoms with Crippen molar-refractivity contribution >= 4 is 5.97 Å². The van der Waals surface area contributed by atoms with E-state index in [9.17, 15) is 14.3 Å². The van der Waals surface area contributed by atoms with Gasteiger partial charge < -0.3 is 14.6 Å². The lowest BCUT2D eigenvalue weighted by Gasteiger charge is -2.30. The van der Waals surface area contributed by atoms with Crippen LogP contribution >= 0.6 is 0 Å². The fourth-order valence-electron chi connectivity index (χ4n) is 6.09. The quantitative estimate of drug-likeness (QED) is 0.267. The lowest BCUT2D eigenvalue weighted by atomic mass is 9.82. The van der Waals surface area contributed by atoms with Crippen LogP contribution in [0.5, 0.6) is 11.6 Å². The summed E-state index contributed by atoms with van der Waals surface area (Å²) in [5, 5.41) is 9.69. The fourth-order valence-corrected chi connectivity index (χ4v) is 6.09. The van der Waals surface area contributed by atoms with Crippen LogP contribution in [0.1, 0.15) is 74.3 Å². The van der Waals surface area contributed by atoms with Crippen LogP contribution in [0.25, 0.3) is 11.1 Å². The second-order valence-corrected chi connectivity index (χ2v) is 11.2. The SMILES string of the molecule is CCN(CC)Cc1cc(C2CCc3ccc([C@H](C4CC4)[C@H](C)C(=O)O)c(F)c3O2)ccc1-c1cc(OC)ncc1F. The molecule has 41 heavy (non-hydrogen) atoms. The molecule has 3 atom stereocenters. The molecule has 2 heterocycles. The van der Waals surface area contributed by atoms with E-state index in [4.69, 9.17) is 9.47 Å². The molecule has 6 nitrogen and oxygen atoms in total. The topological polar surface area (TPSA) is 71.9 Å². The number of nitrogens with zero attached hydrogens (tertiary/aromatic N) is 2. The molecule has 1 N–H and O–H groups in total. The van der Waals surface area contributed by atoms with Gasteiger partial charge in [-0.1, -0.05) is 51.1 Å². The number of carboxylic acid groups (broad SMARTS) is 1. The van der Waals surface area contributed by atoms with E-state index >= 15 is 4.39 Å². The monoisotopic (exact) mass is 564 g/mol. The summed E-state index contributed by atoms with van der Waals surface area (Å²) in [6.07, 6.45) is 3.92. The van der Waals surface area contributed by atoms with Gasteiger partial charge in [0.1, 0.15) is 11.9 Å². The molecule has 218 valence electrons. The number of halogens is 2. The Labute approximate surface area is 240 Å². The average Bonchev–Trinajstić information content (AvgIpc) is 3.82. The van der Waals surface area contributed by atoms with Crippen LogP contribution in [0.15, 0.2) is 42.6 Å². The standard InChI is InChI=1S/C33H38F2N2O4/c1-5-37(6-2)18-23-15-22(10-12-24(23)26-16-29(40-4)36-17-27(26)34)28-14-11-21-9-13-25(31(35)32(21)41-28)30(20-7-8-20)19(3)33(38)39/h9-10,12-13,15-17,19-20,28,30H,5-8,11,14,18H2,1-4H3,(H,38,39)/t19-,28?,30-/m0/s1. The van der Waals surface area contributed by atoms with Gasteiger partial charge in [0.25, 0.3) is 0 Å². The van der Waals surface area contributed by atoms with Crippen molar-refractivity contribution in [2.45, 2.75) is 65.0 Å². The van der Waals surface area contributed by atoms with E-state index < -0.39 is 23.5 Å². The molecule has 3 aromatic rings. The number of aryl methyl sites for hydroxylation is 1. The van der Waals surface area contributed by atoms with E-state index in [0.717, 1.165) is 48.2 Å². The third kappa shape index (κ3) is 5.94. The predicted octanol–water partition coefficient (Wildman–Crippen LogP) is 7.16. The molecule has 1 aliphatic heterocycles. The van der Waals surface area contributed by atoms with E-state index in [2.05, 4.69) is 23.7 Å². The highest BCUT2D eigenvalue weighted by atomic mass is 19.1. The van der Waals surface area contributed by atoms with Crippen molar-refractivity contribution in [3.63, 3.8) is 0 Å². The molecule has 0 amide bonds. The van der Waals surface area contributed by atoms with Crippen LogP contribution in [0.3, 0.4) is 0 Å². The minimum absolute atomic E-state index is 0.176. The van der Waals surface area contributed by atoms with Gasteiger partial charge >= 0.3 is 5.97 Å². The van der Waals surface area contributed by atoms with Gasteiger partial charge in [-0.05, 0) is 72.5 Å². The number of ether oxygens (including phenoxy) is 2. The summed E-state index contributed by atoms with van der Waals surface area (Å²) in [7, 11) is 1.50. The van der Waals surface area contributed by atoms with Gasteiger partial charge in [-0.2, -0.15) is 0 Å². The van der Waals surface area contributed by atoms with E-state index in [1.165, 1.54) is 13.3 Å². The Morgan fingerprint density at radius 2 is 1.88 bits per heavy atom. The molecule has 2 aliphatic rings. The van der Waals surface area contributed by atoms with Crippen molar-refractivity contribution in [2.24, 2.45) is 11.8 Å². The molecule has 0 saturated heterocycles. The molecule has 1 aliphatic carbocycles. The highest BCUT2D eigenvalue weighted by Gasteiger charge is 2.41. The number of carbonyl (C=O) groups is 1. The number of aromatic nitrogens is 1. The summed E-state index contributed by atoms with van der Waals surface area (Å²) < 4.78 is 42.7. The van der Waals surface area contributed by atoms with Crippen LogP contribution in [-0.4, -0.2) is 41.2 Å². The molecule has 1 saturated carbocycles. The Morgan fingerprint density at radius 1 is 1.12 bits per heavy atom. The van der Waals surface area contributed by atoms with Crippen molar-refractivity contribution in [3.8, 4) is 22.8 Å². The van der Waals surface area contributed by atoms with E-state index in [1.807, 2.05) is 24.3 Å². The molecule has 0 spiro atoms. The Morgan fingerprint density at radius 3 is 2.54 bits per heavy atom. The van der Waals surface area contributed by atoms with E-state index in [1.54, 1.807) is 19.1 Å². The number of benzene rings is 2. The second kappa shape index (κ2) is 12.1. The van der Waals surface area contributed by atoms with Crippen LogP contribution in [0, 0.1) is 23.5 Å². The first kappa shape index (κ1) is 29.0. The Balaban J connectivity index is 1.51. The minimum atomic E-state index is -0.915. The first-order valence-electron chi connectivity index (χ1n) is 14.5. The third-order valence-corrected chi connectivity index (χ3v) is 8.68. The largest absolute Gasteiger partial charge is 0.482 e. The second-order valence-electron chi connectivity index (χ2n) is 11.2. The summed E-state index contributed by atoms with van der Waals surface area (Å²) in [6, 6.07) is 11.1. The summed E-state index contributed by atoms with van der Waals surface area (Å²) in [6.45, 7) is 8.11. The number of hydrogen-bond acceptors (Lipinski definition) is 5. The molecule has 2 aromatic carbocycles. The van der Waals surface area contributed by atoms with Crippen LogP contribution in [0.2, 0.25) is 0 Å². The highest BCUT2D eigenvalue weighted by Crippen LogP contribution is 2.49. The smallest absolute Gasteiger partial charge is 0.306 e. The van der Waals surface area contributed by atoms with Crippen LogP contribution in [-0.2, 0) is 17.8 Å². The van der Waals surface area contributed by atoms with Gasteiger partial charge in [-0.3, -0.25) is 9.69 Å². The maximum absolute atomic E-state index is 16.1. The van der Waals surface area contributed by atoms with Crippen LogP contribution in [0.4, 0.5) is 8.78 Å². The fraction of sp³-hybridized carbons (Fsp3) is 0.455. The number of methoxy groups -OCH3 is 1. The van der Waals surface area contributed by atoms with Gasteiger partial charge in [0.15, 0.2) is 11.6 Å². The van der Waals surface area contributed by atoms with Gasteiger partial charge in [-0.25, -0.2) is 13.8 Å². The Kier molecular flexibility index (Phi) is 8.59. The Hall–Kier alpha value is -3.52. The van der Waals surface area contributed by atoms with E-state index in [0.29, 0.717) is 36.4 Å². The lowest BCUT2D eigenvalue weighted by molar-refractivity contribution is -0.142. The van der Waals surface area contributed by atoms with Gasteiger partial charge in [0.05, 0.1) is 19.2 Å². The zero-order valence-electron chi connectivity index (χ0n) is 24.1. The first-order valence-corrected chi connectivity index (χ1v) is 14.5. The summed E-state index contributed by atoms with van der Waals surface area (Å²) >= 11 is 0. The molecular weight excluding hydrogens is 526 g/mol. The van der Waals surface area contributed by atoms with Crippen LogP contribution < -0.4 is 9.47 Å². The molecule has 1 fully saturated rings. The molecule has 5 rings (SSSR count). The predicted molar refractivity (Wildman–Crippen MR) is 153 cm³/mol. The van der Waals surface area contributed by atoms with Crippen molar-refractivity contribution in [1.82, 2.24) is 9.88 Å². The molecule has 8 heteroatoms. The zero-order valence-corrected chi connectivity index (χ0v) is 24.1. The number of carboxylic acids is 1. The van der Waals surface area contributed by atoms with Gasteiger partial charge in [-0.15, -0.1) is 0 Å². The third-order valence-electron chi connectivity index (χ3n) is 8.68. The molecule has 0 radical (unpaired) electrons. The Bertz CT molecular complexity index is 1420.